The summed E-state index contributed by atoms with van der Waals surface area (Å²) in [5, 5.41) is 2.75. The number of hydrogen-bond acceptors (Lipinski definition) is 6. The largest absolute Gasteiger partial charge is 0.497 e. The zero-order valence-electron chi connectivity index (χ0n) is 20.6. The summed E-state index contributed by atoms with van der Waals surface area (Å²) in [6, 6.07) is 16.1. The highest BCUT2D eigenvalue weighted by Gasteiger charge is 2.61. The Labute approximate surface area is 215 Å². The van der Waals surface area contributed by atoms with E-state index in [0.29, 0.717) is 11.6 Å². The van der Waals surface area contributed by atoms with Crippen LogP contribution < -0.4 is 10.1 Å². The lowest BCUT2D eigenvalue weighted by molar-refractivity contribution is -0.154. The van der Waals surface area contributed by atoms with E-state index in [1.807, 2.05) is 54.6 Å². The van der Waals surface area contributed by atoms with Crippen LogP contribution in [-0.2, 0) is 32.1 Å². The first-order valence-electron chi connectivity index (χ1n) is 12.3. The number of carbonyl (C=O) groups excluding carboxylic acids is 3. The van der Waals surface area contributed by atoms with Crippen molar-refractivity contribution >= 4 is 29.5 Å². The monoisotopic (exact) mass is 506 g/mol. The van der Waals surface area contributed by atoms with E-state index in [1.54, 1.807) is 23.8 Å². The van der Waals surface area contributed by atoms with Crippen LogP contribution in [0.4, 0.5) is 0 Å². The zero-order valence-corrected chi connectivity index (χ0v) is 21.4. The van der Waals surface area contributed by atoms with Crippen molar-refractivity contribution in [3.8, 4) is 5.75 Å². The second-order valence-corrected chi connectivity index (χ2v) is 10.7. The molecule has 0 aromatic heterocycles. The smallest absolute Gasteiger partial charge is 0.355 e. The maximum atomic E-state index is 13.3. The SMILES string of the molecule is CC[C@H]1[C@H](C)C2=C(C(=O)OCc3ccc(OC)cc3)N3C(=O)[C@@H](NC(=O)Cc4ccccc4)[C@H]3S[C@H]21. The molecule has 0 unspecified atom stereocenters. The van der Waals surface area contributed by atoms with Crippen LogP contribution in [0.5, 0.6) is 5.75 Å². The van der Waals surface area contributed by atoms with Gasteiger partial charge in [-0.3, -0.25) is 14.5 Å². The summed E-state index contributed by atoms with van der Waals surface area (Å²) in [7, 11) is 1.60. The second-order valence-electron chi connectivity index (χ2n) is 9.45. The molecule has 0 radical (unpaired) electrons. The number of β-lactam (4-membered cyclic amide) rings is 1. The average molecular weight is 507 g/mol. The molecular weight excluding hydrogens is 476 g/mol. The fraction of sp³-hybridized carbons (Fsp3) is 0.393. The number of fused-ring (bicyclic) bond motifs is 2. The first-order valence-corrected chi connectivity index (χ1v) is 13.2. The summed E-state index contributed by atoms with van der Waals surface area (Å²) in [5.74, 6) is 0.408. The molecule has 2 aromatic rings. The molecule has 188 valence electrons. The summed E-state index contributed by atoms with van der Waals surface area (Å²) in [5.41, 5.74) is 3.08. The molecule has 5 atom stereocenters. The van der Waals surface area contributed by atoms with Crippen molar-refractivity contribution in [3.63, 3.8) is 0 Å². The molecule has 8 heteroatoms. The van der Waals surface area contributed by atoms with E-state index < -0.39 is 12.0 Å². The Balaban J connectivity index is 1.32. The number of thioether (sulfide) groups is 1. The van der Waals surface area contributed by atoms with Crippen molar-refractivity contribution in [1.29, 1.82) is 0 Å². The maximum Gasteiger partial charge on any atom is 0.355 e. The van der Waals surface area contributed by atoms with Crippen molar-refractivity contribution in [2.24, 2.45) is 11.8 Å². The van der Waals surface area contributed by atoms with Crippen LogP contribution in [0.2, 0.25) is 0 Å². The fourth-order valence-corrected chi connectivity index (χ4v) is 7.46. The number of esters is 1. The standard InChI is InChI=1S/C28H30N2O5S/c1-4-20-16(2)22-24(28(33)35-15-18-10-12-19(34-3)13-11-18)30-26(32)23(27(30)36-25(20)22)29-21(31)14-17-8-6-5-7-9-17/h5-13,16,20,23,25,27H,4,14-15H2,1-3H3,(H,29,31)/t16-,20-,23+,25-,27+/m0/s1. The fourth-order valence-electron chi connectivity index (χ4n) is 5.38. The van der Waals surface area contributed by atoms with Crippen molar-refractivity contribution in [1.82, 2.24) is 10.2 Å². The van der Waals surface area contributed by atoms with Gasteiger partial charge in [-0.1, -0.05) is 62.7 Å². The van der Waals surface area contributed by atoms with Gasteiger partial charge in [0.05, 0.1) is 13.5 Å². The predicted octanol–water partition coefficient (Wildman–Crippen LogP) is 3.68. The lowest BCUT2D eigenvalue weighted by atomic mass is 9.67. The number of amides is 2. The molecule has 1 aliphatic carbocycles. The third-order valence-corrected chi connectivity index (χ3v) is 9.05. The van der Waals surface area contributed by atoms with Gasteiger partial charge in [-0.25, -0.2) is 4.79 Å². The number of benzene rings is 2. The third kappa shape index (κ3) is 4.28. The zero-order chi connectivity index (χ0) is 25.4. The Bertz CT molecular complexity index is 1200. The molecule has 3 aliphatic rings. The van der Waals surface area contributed by atoms with Crippen molar-refractivity contribution < 1.29 is 23.9 Å². The average Bonchev–Trinajstić information content (AvgIpc) is 2.90. The predicted molar refractivity (Wildman–Crippen MR) is 137 cm³/mol. The number of nitrogens with zero attached hydrogens (tertiary/aromatic N) is 1. The molecule has 2 amide bonds. The molecule has 2 aliphatic heterocycles. The highest BCUT2D eigenvalue weighted by atomic mass is 32.2. The molecule has 1 N–H and O–H groups in total. The molecule has 2 heterocycles. The van der Waals surface area contributed by atoms with E-state index in [0.717, 1.165) is 28.9 Å². The van der Waals surface area contributed by atoms with Crippen LogP contribution in [0, 0.1) is 11.8 Å². The molecule has 36 heavy (non-hydrogen) atoms. The molecule has 7 nitrogen and oxygen atoms in total. The number of hydrogen-bond donors (Lipinski definition) is 1. The number of ether oxygens (including phenoxy) is 2. The van der Waals surface area contributed by atoms with E-state index in [9.17, 15) is 14.4 Å². The number of rotatable bonds is 8. The van der Waals surface area contributed by atoms with Gasteiger partial charge in [0.25, 0.3) is 5.91 Å². The van der Waals surface area contributed by atoms with Gasteiger partial charge in [-0.05, 0) is 40.7 Å². The first kappa shape index (κ1) is 24.4. The van der Waals surface area contributed by atoms with E-state index in [4.69, 9.17) is 9.47 Å². The van der Waals surface area contributed by atoms with Crippen LogP contribution in [0.15, 0.2) is 65.9 Å². The highest BCUT2D eigenvalue weighted by molar-refractivity contribution is 8.01. The lowest BCUT2D eigenvalue weighted by Gasteiger charge is -2.58. The molecule has 5 rings (SSSR count). The van der Waals surface area contributed by atoms with Crippen LogP contribution in [-0.4, -0.2) is 46.5 Å². The summed E-state index contributed by atoms with van der Waals surface area (Å²) >= 11 is 1.68. The van der Waals surface area contributed by atoms with Crippen LogP contribution in [0.3, 0.4) is 0 Å². The molecule has 1 saturated carbocycles. The number of nitrogens with one attached hydrogen (secondary N) is 1. The van der Waals surface area contributed by atoms with E-state index in [-0.39, 0.29) is 41.4 Å². The first-order chi connectivity index (χ1) is 17.4. The molecule has 2 aromatic carbocycles. The van der Waals surface area contributed by atoms with E-state index >= 15 is 0 Å². The Morgan fingerprint density at radius 3 is 2.44 bits per heavy atom. The minimum Gasteiger partial charge on any atom is -0.497 e. The maximum absolute atomic E-state index is 13.3. The van der Waals surface area contributed by atoms with Gasteiger partial charge in [0, 0.05) is 5.25 Å². The van der Waals surface area contributed by atoms with Crippen molar-refractivity contribution in [3.05, 3.63) is 77.0 Å². The lowest BCUT2D eigenvalue weighted by Crippen LogP contribution is -2.72. The van der Waals surface area contributed by atoms with Crippen LogP contribution >= 0.6 is 11.8 Å². The third-order valence-electron chi connectivity index (χ3n) is 7.39. The molecule has 1 saturated heterocycles. The van der Waals surface area contributed by atoms with Gasteiger partial charge < -0.3 is 14.8 Å². The molecule has 0 spiro atoms. The summed E-state index contributed by atoms with van der Waals surface area (Å²) < 4.78 is 10.9. The number of methoxy groups -OCH3 is 1. The summed E-state index contributed by atoms with van der Waals surface area (Å²) in [6.07, 6.45) is 1.19. The Hall–Kier alpha value is -3.26. The van der Waals surface area contributed by atoms with E-state index in [2.05, 4.69) is 19.2 Å². The van der Waals surface area contributed by atoms with Gasteiger partial charge in [0.15, 0.2) is 0 Å². The Morgan fingerprint density at radius 1 is 1.06 bits per heavy atom. The second kappa shape index (κ2) is 10.0. The summed E-state index contributed by atoms with van der Waals surface area (Å²) in [4.78, 5) is 40.8. The van der Waals surface area contributed by atoms with Gasteiger partial charge in [-0.15, -0.1) is 11.8 Å². The number of carbonyl (C=O) groups is 3. The molecule has 0 bridgehead atoms. The molecular formula is C28H30N2O5S. The minimum atomic E-state index is -0.648. The normalized spacial score (nSPS) is 26.2. The minimum absolute atomic E-state index is 0.104. The van der Waals surface area contributed by atoms with Crippen LogP contribution in [0.1, 0.15) is 31.4 Å². The van der Waals surface area contributed by atoms with Gasteiger partial charge in [-0.2, -0.15) is 0 Å². The van der Waals surface area contributed by atoms with Crippen molar-refractivity contribution in [2.45, 2.75) is 50.0 Å². The van der Waals surface area contributed by atoms with E-state index in [1.165, 1.54) is 0 Å². The Morgan fingerprint density at radius 2 is 1.78 bits per heavy atom. The van der Waals surface area contributed by atoms with Gasteiger partial charge in [0.2, 0.25) is 5.91 Å². The summed E-state index contributed by atoms with van der Waals surface area (Å²) in [6.45, 7) is 4.37. The van der Waals surface area contributed by atoms with Gasteiger partial charge >= 0.3 is 5.97 Å². The Kier molecular flexibility index (Phi) is 6.79. The quantitative estimate of drug-likeness (QED) is 0.434. The highest BCUT2D eigenvalue weighted by Crippen LogP contribution is 2.58. The van der Waals surface area contributed by atoms with Crippen molar-refractivity contribution in [2.75, 3.05) is 7.11 Å². The van der Waals surface area contributed by atoms with Gasteiger partial charge in [0.1, 0.15) is 29.5 Å². The topological polar surface area (TPSA) is 84.9 Å². The molecule has 2 fully saturated rings. The van der Waals surface area contributed by atoms with Crippen LogP contribution in [0.25, 0.3) is 0 Å².